The summed E-state index contributed by atoms with van der Waals surface area (Å²) in [6.45, 7) is 4.60. The minimum absolute atomic E-state index is 0. The zero-order valence-electron chi connectivity index (χ0n) is 12.5. The Labute approximate surface area is 140 Å². The molecule has 1 saturated heterocycles. The van der Waals surface area contributed by atoms with Gasteiger partial charge in [-0.25, -0.2) is 0 Å². The minimum Gasteiger partial charge on any atom is -0.315 e. The molecule has 3 rings (SSSR count). The summed E-state index contributed by atoms with van der Waals surface area (Å²) in [5.74, 6) is 0.769. The van der Waals surface area contributed by atoms with Crippen molar-refractivity contribution in [1.29, 1.82) is 0 Å². The molecule has 1 aliphatic carbocycles. The molecule has 21 heavy (non-hydrogen) atoms. The average Bonchev–Trinajstić information content (AvgIpc) is 2.99. The summed E-state index contributed by atoms with van der Waals surface area (Å²) >= 11 is 0. The van der Waals surface area contributed by atoms with E-state index >= 15 is 0 Å². The van der Waals surface area contributed by atoms with Crippen molar-refractivity contribution >= 4 is 30.9 Å². The normalized spacial score (nSPS) is 27.7. The van der Waals surface area contributed by atoms with Gasteiger partial charge >= 0.3 is 0 Å². The molecule has 1 aromatic rings. The molecule has 0 radical (unpaired) electrons. The van der Waals surface area contributed by atoms with Crippen molar-refractivity contribution in [3.63, 3.8) is 0 Å². The van der Waals surface area contributed by atoms with Gasteiger partial charge in [0.15, 0.2) is 0 Å². The highest BCUT2D eigenvalue weighted by atomic mass is 35.5. The first-order valence-electron chi connectivity index (χ1n) is 7.59. The number of hydrogen-bond acceptors (Lipinski definition) is 2. The Morgan fingerprint density at radius 2 is 2.05 bits per heavy atom. The van der Waals surface area contributed by atoms with Crippen LogP contribution in [-0.4, -0.2) is 25.2 Å². The van der Waals surface area contributed by atoms with E-state index in [0.29, 0.717) is 6.04 Å². The van der Waals surface area contributed by atoms with E-state index in [2.05, 4.69) is 54.0 Å². The smallest absolute Gasteiger partial charge is 0.0207 e. The van der Waals surface area contributed by atoms with Crippen molar-refractivity contribution in [2.75, 3.05) is 13.1 Å². The maximum Gasteiger partial charge on any atom is 0.0207 e. The second-order valence-corrected chi connectivity index (χ2v) is 5.79. The van der Waals surface area contributed by atoms with E-state index in [0.717, 1.165) is 18.5 Å². The van der Waals surface area contributed by atoms with Crippen molar-refractivity contribution in [2.45, 2.75) is 38.3 Å². The topological polar surface area (TPSA) is 24.1 Å². The van der Waals surface area contributed by atoms with Gasteiger partial charge in [-0.2, -0.15) is 0 Å². The quantitative estimate of drug-likeness (QED) is 0.861. The number of benzene rings is 1. The zero-order chi connectivity index (χ0) is 13.1. The Balaban J connectivity index is 0.00000110. The van der Waals surface area contributed by atoms with Gasteiger partial charge in [0.2, 0.25) is 0 Å². The summed E-state index contributed by atoms with van der Waals surface area (Å²) in [7, 11) is 0. The van der Waals surface area contributed by atoms with Crippen LogP contribution in [0.4, 0.5) is 0 Å². The van der Waals surface area contributed by atoms with Crippen LogP contribution in [0.3, 0.4) is 0 Å². The van der Waals surface area contributed by atoms with E-state index in [1.54, 1.807) is 5.57 Å². The first kappa shape index (κ1) is 18.5. The van der Waals surface area contributed by atoms with Crippen LogP contribution in [-0.2, 0) is 0 Å². The predicted molar refractivity (Wildman–Crippen MR) is 95.5 cm³/mol. The largest absolute Gasteiger partial charge is 0.315 e. The van der Waals surface area contributed by atoms with Crippen LogP contribution in [0, 0.1) is 5.92 Å². The highest BCUT2D eigenvalue weighted by molar-refractivity contribution is 5.85. The van der Waals surface area contributed by atoms with Gasteiger partial charge in [0.05, 0.1) is 0 Å². The SMILES string of the molecule is CC/C(=C\c1ccccc1)[C@@H]1C[C@H]1NC1CCNC1.Cl.Cl. The fraction of sp³-hybridized carbons (Fsp3) is 0.529. The van der Waals surface area contributed by atoms with Gasteiger partial charge in [-0.3, -0.25) is 0 Å². The molecule has 1 unspecified atom stereocenters. The predicted octanol–water partition coefficient (Wildman–Crippen LogP) is 3.66. The molecule has 1 aromatic carbocycles. The van der Waals surface area contributed by atoms with Gasteiger partial charge in [-0.05, 0) is 37.3 Å². The van der Waals surface area contributed by atoms with Crippen LogP contribution >= 0.6 is 24.8 Å². The maximum atomic E-state index is 3.80. The summed E-state index contributed by atoms with van der Waals surface area (Å²) in [6.07, 6.45) is 6.16. The number of halogens is 2. The molecule has 1 heterocycles. The fourth-order valence-corrected chi connectivity index (χ4v) is 3.12. The van der Waals surface area contributed by atoms with Gasteiger partial charge in [0.25, 0.3) is 0 Å². The molecular weight excluding hydrogens is 303 g/mol. The molecule has 1 aliphatic heterocycles. The van der Waals surface area contributed by atoms with Crippen LogP contribution in [0.15, 0.2) is 35.9 Å². The highest BCUT2D eigenvalue weighted by Gasteiger charge is 2.40. The Hall–Kier alpha value is -0.540. The molecule has 1 saturated carbocycles. The molecule has 0 bridgehead atoms. The van der Waals surface area contributed by atoms with Crippen LogP contribution in [0.2, 0.25) is 0 Å². The van der Waals surface area contributed by atoms with E-state index in [4.69, 9.17) is 0 Å². The number of nitrogens with one attached hydrogen (secondary N) is 2. The van der Waals surface area contributed by atoms with Crippen molar-refractivity contribution in [3.05, 3.63) is 41.5 Å². The van der Waals surface area contributed by atoms with Crippen LogP contribution in [0.1, 0.15) is 31.7 Å². The molecule has 4 heteroatoms. The lowest BCUT2D eigenvalue weighted by molar-refractivity contribution is 0.530. The molecule has 2 N–H and O–H groups in total. The lowest BCUT2D eigenvalue weighted by Gasteiger charge is -2.11. The van der Waals surface area contributed by atoms with E-state index in [1.165, 1.54) is 31.4 Å². The third kappa shape index (κ3) is 5.00. The Morgan fingerprint density at radius 3 is 2.67 bits per heavy atom. The van der Waals surface area contributed by atoms with Crippen LogP contribution in [0.5, 0.6) is 0 Å². The molecule has 0 aromatic heterocycles. The standard InChI is InChI=1S/C17H24N2.2ClH/c1-2-14(10-13-6-4-3-5-7-13)16-11-17(16)19-15-8-9-18-12-15;;/h3-7,10,15-19H,2,8-9,11-12H2,1H3;2*1H/b14-10+;;/t15?,16-,17+;;/m0../s1. The monoisotopic (exact) mass is 328 g/mol. The maximum absolute atomic E-state index is 3.80. The molecule has 2 nitrogen and oxygen atoms in total. The third-order valence-electron chi connectivity index (χ3n) is 4.34. The van der Waals surface area contributed by atoms with E-state index < -0.39 is 0 Å². The highest BCUT2D eigenvalue weighted by Crippen LogP contribution is 2.40. The minimum atomic E-state index is 0. The second kappa shape index (κ2) is 8.79. The molecule has 2 fully saturated rings. The first-order valence-corrected chi connectivity index (χ1v) is 7.59. The average molecular weight is 329 g/mol. The van der Waals surface area contributed by atoms with Crippen molar-refractivity contribution in [1.82, 2.24) is 10.6 Å². The molecule has 2 aliphatic rings. The number of rotatable bonds is 5. The molecule has 0 spiro atoms. The Kier molecular flexibility index (Phi) is 7.75. The Morgan fingerprint density at radius 1 is 1.29 bits per heavy atom. The fourth-order valence-electron chi connectivity index (χ4n) is 3.12. The summed E-state index contributed by atoms with van der Waals surface area (Å²) in [5, 5.41) is 7.23. The second-order valence-electron chi connectivity index (χ2n) is 5.79. The van der Waals surface area contributed by atoms with Gasteiger partial charge in [-0.15, -0.1) is 24.8 Å². The third-order valence-corrected chi connectivity index (χ3v) is 4.34. The van der Waals surface area contributed by atoms with Crippen LogP contribution < -0.4 is 10.6 Å². The van der Waals surface area contributed by atoms with Gasteiger partial charge in [0, 0.05) is 18.6 Å². The lowest BCUT2D eigenvalue weighted by Crippen LogP contribution is -2.33. The van der Waals surface area contributed by atoms with Gasteiger partial charge < -0.3 is 10.6 Å². The van der Waals surface area contributed by atoms with Crippen molar-refractivity contribution < 1.29 is 0 Å². The summed E-state index contributed by atoms with van der Waals surface area (Å²) in [5.41, 5.74) is 2.95. The summed E-state index contributed by atoms with van der Waals surface area (Å²) < 4.78 is 0. The van der Waals surface area contributed by atoms with Crippen molar-refractivity contribution in [3.8, 4) is 0 Å². The first-order chi connectivity index (χ1) is 9.36. The molecule has 3 atom stereocenters. The van der Waals surface area contributed by atoms with E-state index in [9.17, 15) is 0 Å². The van der Waals surface area contributed by atoms with Crippen LogP contribution in [0.25, 0.3) is 6.08 Å². The molecular formula is C17H26Cl2N2. The Bertz CT molecular complexity index is 441. The van der Waals surface area contributed by atoms with E-state index in [1.807, 2.05) is 0 Å². The van der Waals surface area contributed by atoms with Gasteiger partial charge in [0.1, 0.15) is 0 Å². The van der Waals surface area contributed by atoms with E-state index in [-0.39, 0.29) is 24.8 Å². The number of hydrogen-bond donors (Lipinski definition) is 2. The van der Waals surface area contributed by atoms with Gasteiger partial charge in [-0.1, -0.05) is 48.9 Å². The molecule has 0 amide bonds. The summed E-state index contributed by atoms with van der Waals surface area (Å²) in [6, 6.07) is 12.1. The van der Waals surface area contributed by atoms with Crippen molar-refractivity contribution in [2.24, 2.45) is 5.92 Å². The molecule has 118 valence electrons. The summed E-state index contributed by atoms with van der Waals surface area (Å²) in [4.78, 5) is 0. The lowest BCUT2D eigenvalue weighted by atomic mass is 10.0. The zero-order valence-corrected chi connectivity index (χ0v) is 14.2.